The fourth-order valence-corrected chi connectivity index (χ4v) is 3.24. The lowest BCUT2D eigenvalue weighted by Crippen LogP contribution is -2.52. The van der Waals surface area contributed by atoms with Crippen LogP contribution in [-0.4, -0.2) is 52.8 Å². The van der Waals surface area contributed by atoms with Crippen molar-refractivity contribution in [1.82, 2.24) is 18.3 Å². The summed E-state index contributed by atoms with van der Waals surface area (Å²) < 4.78 is 52.2. The molecular weight excluding hydrogens is 268 g/mol. The van der Waals surface area contributed by atoms with Crippen molar-refractivity contribution in [1.29, 1.82) is 0 Å². The van der Waals surface area contributed by atoms with Gasteiger partial charge in [-0.3, -0.25) is 0 Å². The van der Waals surface area contributed by atoms with Gasteiger partial charge in [0.2, 0.25) is 0 Å². The summed E-state index contributed by atoms with van der Waals surface area (Å²) in [6.07, 6.45) is 0.622. The monoisotopic (exact) mass is 288 g/mol. The Bertz CT molecular complexity index is 419. The second-order valence-electron chi connectivity index (χ2n) is 3.27. The summed E-state index contributed by atoms with van der Waals surface area (Å²) in [5.74, 6) is 0. The topological polar surface area (TPSA) is 98.8 Å². The summed E-state index contributed by atoms with van der Waals surface area (Å²) in [5, 5.41) is 0. The molecule has 0 aliphatic heterocycles. The molecule has 0 atom stereocenters. The number of nitrogens with one attached hydrogen (secondary N) is 2. The molecule has 0 aliphatic carbocycles. The van der Waals surface area contributed by atoms with E-state index in [0.717, 1.165) is 14.1 Å². The van der Waals surface area contributed by atoms with Crippen molar-refractivity contribution in [3.05, 3.63) is 0 Å². The van der Waals surface area contributed by atoms with Crippen molar-refractivity contribution < 1.29 is 16.8 Å². The highest BCUT2D eigenvalue weighted by Crippen LogP contribution is 2.03. The Morgan fingerprint density at radius 3 is 1.65 bits per heavy atom. The molecule has 0 aliphatic rings. The van der Waals surface area contributed by atoms with E-state index in [9.17, 15) is 16.8 Å². The average molecular weight is 288 g/mol. The molecule has 0 radical (unpaired) electrons. The van der Waals surface area contributed by atoms with E-state index in [2.05, 4.69) is 9.44 Å². The van der Waals surface area contributed by atoms with Crippen molar-refractivity contribution in [3.8, 4) is 0 Å². The number of hydrogen-bond donors (Lipinski definition) is 2. The SMILES string of the molecule is CCCNS(=O)(=O)N(C)N(C)S(=O)(=O)NCC. The predicted molar refractivity (Wildman–Crippen MR) is 65.3 cm³/mol. The van der Waals surface area contributed by atoms with Crippen LogP contribution in [0.1, 0.15) is 20.3 Å². The normalized spacial score (nSPS) is 13.5. The van der Waals surface area contributed by atoms with Gasteiger partial charge in [0.15, 0.2) is 0 Å². The minimum absolute atomic E-state index is 0.183. The van der Waals surface area contributed by atoms with Crippen LogP contribution in [0.15, 0.2) is 0 Å². The molecule has 8 nitrogen and oxygen atoms in total. The summed E-state index contributed by atoms with van der Waals surface area (Å²) in [4.78, 5) is 0. The zero-order chi connectivity index (χ0) is 13.7. The van der Waals surface area contributed by atoms with Crippen LogP contribution >= 0.6 is 0 Å². The highest BCUT2D eigenvalue weighted by atomic mass is 32.2. The van der Waals surface area contributed by atoms with Crippen LogP contribution in [0.4, 0.5) is 0 Å². The fourth-order valence-electron chi connectivity index (χ4n) is 0.903. The Morgan fingerprint density at radius 1 is 0.882 bits per heavy atom. The highest BCUT2D eigenvalue weighted by molar-refractivity contribution is 7.90. The van der Waals surface area contributed by atoms with Crippen molar-refractivity contribution in [3.63, 3.8) is 0 Å². The molecule has 0 amide bonds. The molecule has 0 saturated carbocycles. The van der Waals surface area contributed by atoms with Gasteiger partial charge in [-0.25, -0.2) is 9.44 Å². The molecule has 0 bridgehead atoms. The lowest BCUT2D eigenvalue weighted by atomic mass is 10.5. The van der Waals surface area contributed by atoms with Gasteiger partial charge >= 0.3 is 0 Å². The quantitative estimate of drug-likeness (QED) is 0.552. The van der Waals surface area contributed by atoms with E-state index in [-0.39, 0.29) is 13.1 Å². The maximum Gasteiger partial charge on any atom is 0.293 e. The summed E-state index contributed by atoms with van der Waals surface area (Å²) in [6.45, 7) is 3.85. The third-order valence-corrected chi connectivity index (χ3v) is 5.16. The third-order valence-electron chi connectivity index (χ3n) is 1.95. The van der Waals surface area contributed by atoms with Gasteiger partial charge in [0, 0.05) is 27.2 Å². The standard InChI is InChI=1S/C7H20N4O4S2/c1-5-7-9-17(14,15)11(4)10(3)16(12,13)8-6-2/h8-9H,5-7H2,1-4H3. The molecule has 0 fully saturated rings. The molecule has 0 aromatic heterocycles. The second kappa shape index (κ2) is 6.61. The van der Waals surface area contributed by atoms with E-state index in [0.29, 0.717) is 15.2 Å². The van der Waals surface area contributed by atoms with E-state index in [1.165, 1.54) is 0 Å². The number of hydrazine groups is 1. The first-order valence-electron chi connectivity index (χ1n) is 5.16. The average Bonchev–Trinajstić information content (AvgIpc) is 2.24. The first-order valence-corrected chi connectivity index (χ1v) is 8.04. The first kappa shape index (κ1) is 16.7. The Kier molecular flexibility index (Phi) is 6.51. The number of rotatable bonds is 8. The summed E-state index contributed by atoms with van der Waals surface area (Å²) in [6, 6.07) is 0. The fraction of sp³-hybridized carbons (Fsp3) is 1.00. The van der Waals surface area contributed by atoms with Crippen LogP contribution in [0.2, 0.25) is 0 Å². The maximum absolute atomic E-state index is 11.7. The Labute approximate surface area is 103 Å². The van der Waals surface area contributed by atoms with Crippen molar-refractivity contribution >= 4 is 20.4 Å². The van der Waals surface area contributed by atoms with E-state index >= 15 is 0 Å². The van der Waals surface area contributed by atoms with Gasteiger partial charge < -0.3 is 0 Å². The molecule has 0 unspecified atom stereocenters. The molecule has 0 aromatic carbocycles. The first-order chi connectivity index (χ1) is 7.69. The van der Waals surface area contributed by atoms with Gasteiger partial charge in [0.25, 0.3) is 20.4 Å². The maximum atomic E-state index is 11.7. The predicted octanol–water partition coefficient (Wildman–Crippen LogP) is -1.14. The molecule has 10 heteroatoms. The molecule has 17 heavy (non-hydrogen) atoms. The van der Waals surface area contributed by atoms with Crippen LogP contribution in [0, 0.1) is 0 Å². The molecule has 0 spiro atoms. The van der Waals surface area contributed by atoms with Crippen molar-refractivity contribution in [2.45, 2.75) is 20.3 Å². The third kappa shape index (κ3) is 4.85. The van der Waals surface area contributed by atoms with Crippen molar-refractivity contribution in [2.75, 3.05) is 27.2 Å². The van der Waals surface area contributed by atoms with Gasteiger partial charge in [0.05, 0.1) is 0 Å². The Hall–Kier alpha value is -0.260. The van der Waals surface area contributed by atoms with Gasteiger partial charge in [-0.05, 0) is 6.42 Å². The molecule has 0 rings (SSSR count). The zero-order valence-electron chi connectivity index (χ0n) is 10.5. The molecule has 0 saturated heterocycles. The lowest BCUT2D eigenvalue weighted by molar-refractivity contribution is 0.228. The summed E-state index contributed by atoms with van der Waals surface area (Å²) >= 11 is 0. The van der Waals surface area contributed by atoms with E-state index in [4.69, 9.17) is 0 Å². The van der Waals surface area contributed by atoms with Crippen LogP contribution in [0.5, 0.6) is 0 Å². The van der Waals surface area contributed by atoms with Gasteiger partial charge in [-0.1, -0.05) is 13.8 Å². The van der Waals surface area contributed by atoms with E-state index < -0.39 is 20.4 Å². The molecule has 0 heterocycles. The summed E-state index contributed by atoms with van der Waals surface area (Å²) in [5.41, 5.74) is 0. The van der Waals surface area contributed by atoms with E-state index in [1.54, 1.807) is 6.92 Å². The number of hydrogen-bond acceptors (Lipinski definition) is 4. The largest absolute Gasteiger partial charge is 0.293 e. The summed E-state index contributed by atoms with van der Waals surface area (Å²) in [7, 11) is -5.35. The smallest absolute Gasteiger partial charge is 0.201 e. The highest BCUT2D eigenvalue weighted by Gasteiger charge is 2.29. The van der Waals surface area contributed by atoms with Crippen LogP contribution in [0.3, 0.4) is 0 Å². The van der Waals surface area contributed by atoms with Crippen LogP contribution in [0.25, 0.3) is 0 Å². The minimum atomic E-state index is -3.83. The Balaban J connectivity index is 4.87. The van der Waals surface area contributed by atoms with Crippen LogP contribution in [-0.2, 0) is 20.4 Å². The minimum Gasteiger partial charge on any atom is -0.201 e. The molecule has 104 valence electrons. The van der Waals surface area contributed by atoms with Gasteiger partial charge in [-0.15, -0.1) is 8.83 Å². The second-order valence-corrected chi connectivity index (χ2v) is 6.81. The zero-order valence-corrected chi connectivity index (χ0v) is 12.1. The number of nitrogens with zero attached hydrogens (tertiary/aromatic N) is 2. The molecule has 2 N–H and O–H groups in total. The van der Waals surface area contributed by atoms with Gasteiger partial charge in [0.1, 0.15) is 0 Å². The van der Waals surface area contributed by atoms with Gasteiger partial charge in [-0.2, -0.15) is 16.8 Å². The van der Waals surface area contributed by atoms with Crippen LogP contribution < -0.4 is 9.44 Å². The Morgan fingerprint density at radius 2 is 1.29 bits per heavy atom. The molecular formula is C7H20N4O4S2. The van der Waals surface area contributed by atoms with E-state index in [1.807, 2.05) is 6.92 Å². The molecule has 0 aromatic rings. The lowest BCUT2D eigenvalue weighted by Gasteiger charge is -2.26. The van der Waals surface area contributed by atoms with Crippen molar-refractivity contribution in [2.24, 2.45) is 0 Å².